The van der Waals surface area contributed by atoms with Crippen LogP contribution in [0.3, 0.4) is 0 Å². The van der Waals surface area contributed by atoms with Crippen molar-refractivity contribution >= 4 is 16.7 Å². The Kier molecular flexibility index (Phi) is 4.31. The second-order valence-corrected chi connectivity index (χ2v) is 5.74. The van der Waals surface area contributed by atoms with E-state index in [1.165, 1.54) is 19.3 Å². The lowest BCUT2D eigenvalue weighted by Crippen LogP contribution is -2.40. The Morgan fingerprint density at radius 2 is 2.05 bits per heavy atom. The fraction of sp³-hybridized carbons (Fsp3) is 0.500. The molecule has 0 radical (unpaired) electrons. The highest BCUT2D eigenvalue weighted by atomic mass is 15.2. The van der Waals surface area contributed by atoms with E-state index in [-0.39, 0.29) is 0 Å². The maximum Gasteiger partial charge on any atom is 0.145 e. The average Bonchev–Trinajstić information content (AvgIpc) is 2.50. The molecule has 0 saturated carbocycles. The van der Waals surface area contributed by atoms with Gasteiger partial charge in [-0.15, -0.1) is 0 Å². The summed E-state index contributed by atoms with van der Waals surface area (Å²) in [4.78, 5) is 11.6. The van der Waals surface area contributed by atoms with Crippen LogP contribution in [0.2, 0.25) is 0 Å². The third-order valence-corrected chi connectivity index (χ3v) is 4.27. The summed E-state index contributed by atoms with van der Waals surface area (Å²) >= 11 is 0. The number of nitrogen functional groups attached to an aromatic ring is 1. The Bertz CT molecular complexity index is 611. The lowest BCUT2D eigenvalue weighted by molar-refractivity contribution is 0.131. The normalized spacial score (nSPS) is 20.0. The Morgan fingerprint density at radius 1 is 1.19 bits per heavy atom. The van der Waals surface area contributed by atoms with Crippen LogP contribution in [0.15, 0.2) is 24.3 Å². The summed E-state index contributed by atoms with van der Waals surface area (Å²) in [6, 6.07) is 8.46. The molecule has 0 spiro atoms. The minimum atomic E-state index is 0.556. The fourth-order valence-corrected chi connectivity index (χ4v) is 3.19. The zero-order chi connectivity index (χ0) is 14.7. The fourth-order valence-electron chi connectivity index (χ4n) is 3.19. The van der Waals surface area contributed by atoms with Crippen LogP contribution in [-0.2, 0) is 6.54 Å². The van der Waals surface area contributed by atoms with Crippen LogP contribution in [0.1, 0.15) is 31.5 Å². The van der Waals surface area contributed by atoms with E-state index in [1.54, 1.807) is 0 Å². The summed E-state index contributed by atoms with van der Waals surface area (Å²) in [7, 11) is 0. The number of likely N-dealkylation sites (tertiary alicyclic amines) is 1. The van der Waals surface area contributed by atoms with Crippen molar-refractivity contribution in [3.8, 4) is 0 Å². The van der Waals surface area contributed by atoms with Gasteiger partial charge >= 0.3 is 0 Å². The first-order chi connectivity index (χ1) is 10.3. The summed E-state index contributed by atoms with van der Waals surface area (Å²) in [6.45, 7) is 2.60. The average molecular weight is 285 g/mol. The van der Waals surface area contributed by atoms with Crippen LogP contribution in [-0.4, -0.2) is 34.0 Å². The van der Waals surface area contributed by atoms with Crippen LogP contribution in [0.4, 0.5) is 5.82 Å². The quantitative estimate of drug-likeness (QED) is 0.897. The topological polar surface area (TPSA) is 81.1 Å². The first-order valence-electron chi connectivity index (χ1n) is 7.73. The summed E-state index contributed by atoms with van der Waals surface area (Å²) in [5.74, 6) is 1.39. The highest BCUT2D eigenvalue weighted by molar-refractivity contribution is 5.87. The van der Waals surface area contributed by atoms with Crippen molar-refractivity contribution in [1.82, 2.24) is 14.9 Å². The number of piperidine rings is 1. The number of fused-ring (bicyclic) bond motifs is 1. The molecule has 5 nitrogen and oxygen atoms in total. The smallest absolute Gasteiger partial charge is 0.145 e. The van der Waals surface area contributed by atoms with Gasteiger partial charge in [0.25, 0.3) is 0 Å². The van der Waals surface area contributed by atoms with Crippen molar-refractivity contribution in [3.63, 3.8) is 0 Å². The van der Waals surface area contributed by atoms with Gasteiger partial charge in [0, 0.05) is 11.4 Å². The molecule has 0 bridgehead atoms. The second kappa shape index (κ2) is 6.37. The van der Waals surface area contributed by atoms with E-state index in [2.05, 4.69) is 14.9 Å². The first-order valence-corrected chi connectivity index (χ1v) is 7.73. The van der Waals surface area contributed by atoms with E-state index in [9.17, 15) is 0 Å². The van der Waals surface area contributed by atoms with Gasteiger partial charge in [0.05, 0.1) is 12.1 Å². The number of hydrogen-bond donors (Lipinski definition) is 2. The molecule has 112 valence electrons. The molecule has 1 aliphatic rings. The third-order valence-electron chi connectivity index (χ3n) is 4.27. The van der Waals surface area contributed by atoms with Crippen molar-refractivity contribution in [1.29, 1.82) is 0 Å². The van der Waals surface area contributed by atoms with Crippen LogP contribution in [0.5, 0.6) is 0 Å². The van der Waals surface area contributed by atoms with Gasteiger partial charge < -0.3 is 11.5 Å². The minimum absolute atomic E-state index is 0.556. The van der Waals surface area contributed by atoms with E-state index < -0.39 is 0 Å². The van der Waals surface area contributed by atoms with Gasteiger partial charge in [-0.25, -0.2) is 9.97 Å². The molecule has 5 heteroatoms. The second-order valence-electron chi connectivity index (χ2n) is 5.74. The maximum absolute atomic E-state index is 6.07. The summed E-state index contributed by atoms with van der Waals surface area (Å²) in [5.41, 5.74) is 12.7. The molecule has 21 heavy (non-hydrogen) atoms. The van der Waals surface area contributed by atoms with E-state index in [1.807, 2.05) is 24.3 Å². The lowest BCUT2D eigenvalue weighted by Gasteiger charge is -2.35. The van der Waals surface area contributed by atoms with Crippen LogP contribution in [0.25, 0.3) is 10.9 Å². The molecule has 1 fully saturated rings. The van der Waals surface area contributed by atoms with E-state index in [0.29, 0.717) is 11.9 Å². The molecular formula is C16H23N5. The van der Waals surface area contributed by atoms with Gasteiger partial charge in [-0.05, 0) is 44.5 Å². The summed E-state index contributed by atoms with van der Waals surface area (Å²) in [6.07, 6.45) is 4.80. The predicted octanol–water partition coefficient (Wildman–Crippen LogP) is 1.92. The van der Waals surface area contributed by atoms with E-state index in [0.717, 1.165) is 42.8 Å². The Balaban J connectivity index is 1.83. The number of benzene rings is 1. The highest BCUT2D eigenvalue weighted by Gasteiger charge is 2.22. The number of nitrogens with two attached hydrogens (primary N) is 2. The zero-order valence-corrected chi connectivity index (χ0v) is 12.3. The van der Waals surface area contributed by atoms with Crippen LogP contribution in [0, 0.1) is 0 Å². The maximum atomic E-state index is 6.07. The van der Waals surface area contributed by atoms with E-state index >= 15 is 0 Å². The first kappa shape index (κ1) is 14.2. The molecule has 1 saturated heterocycles. The molecular weight excluding hydrogens is 262 g/mol. The van der Waals surface area contributed by atoms with Crippen molar-refractivity contribution < 1.29 is 0 Å². The van der Waals surface area contributed by atoms with Gasteiger partial charge in [-0.2, -0.15) is 0 Å². The van der Waals surface area contributed by atoms with Crippen molar-refractivity contribution in [3.05, 3.63) is 30.1 Å². The van der Waals surface area contributed by atoms with Crippen LogP contribution < -0.4 is 11.5 Å². The number of aromatic nitrogens is 2. The SMILES string of the molecule is NCCC1CCCCN1Cc1nc(N)c2ccccc2n1. The Hall–Kier alpha value is -1.72. The molecule has 3 rings (SSSR count). The lowest BCUT2D eigenvalue weighted by atomic mass is 9.99. The summed E-state index contributed by atoms with van der Waals surface area (Å²) in [5, 5.41) is 0.929. The Morgan fingerprint density at radius 3 is 2.90 bits per heavy atom. The Labute approximate surface area is 125 Å². The molecule has 0 amide bonds. The van der Waals surface area contributed by atoms with Gasteiger partial charge in [0.1, 0.15) is 11.6 Å². The number of anilines is 1. The summed E-state index contributed by atoms with van der Waals surface area (Å²) < 4.78 is 0. The number of hydrogen-bond acceptors (Lipinski definition) is 5. The number of para-hydroxylation sites is 1. The van der Waals surface area contributed by atoms with Gasteiger partial charge in [-0.3, -0.25) is 4.90 Å². The molecule has 2 aromatic rings. The molecule has 0 aliphatic carbocycles. The van der Waals surface area contributed by atoms with Gasteiger partial charge in [0.15, 0.2) is 0 Å². The van der Waals surface area contributed by atoms with Crippen molar-refractivity contribution in [2.75, 3.05) is 18.8 Å². The molecule has 1 aromatic carbocycles. The van der Waals surface area contributed by atoms with Crippen molar-refractivity contribution in [2.24, 2.45) is 5.73 Å². The largest absolute Gasteiger partial charge is 0.383 e. The monoisotopic (exact) mass is 285 g/mol. The third kappa shape index (κ3) is 3.14. The molecule has 1 atom stereocenters. The van der Waals surface area contributed by atoms with Gasteiger partial charge in [0.2, 0.25) is 0 Å². The molecule has 1 aromatic heterocycles. The predicted molar refractivity (Wildman–Crippen MR) is 85.7 cm³/mol. The zero-order valence-electron chi connectivity index (χ0n) is 12.3. The van der Waals surface area contributed by atoms with Crippen LogP contribution >= 0.6 is 0 Å². The number of nitrogens with zero attached hydrogens (tertiary/aromatic N) is 3. The minimum Gasteiger partial charge on any atom is -0.383 e. The standard InChI is InChI=1S/C16H23N5/c17-9-8-12-5-3-4-10-21(12)11-15-19-14-7-2-1-6-13(14)16(18)20-15/h1-2,6-7,12H,3-5,8-11,17H2,(H2,18,19,20). The van der Waals surface area contributed by atoms with Crippen molar-refractivity contribution in [2.45, 2.75) is 38.3 Å². The van der Waals surface area contributed by atoms with Gasteiger partial charge in [-0.1, -0.05) is 18.6 Å². The highest BCUT2D eigenvalue weighted by Crippen LogP contribution is 2.22. The molecule has 1 aliphatic heterocycles. The molecule has 2 heterocycles. The van der Waals surface area contributed by atoms with E-state index in [4.69, 9.17) is 11.5 Å². The molecule has 4 N–H and O–H groups in total. The number of rotatable bonds is 4. The molecule has 1 unspecified atom stereocenters.